The molecule has 17 heteroatoms. The van der Waals surface area contributed by atoms with Gasteiger partial charge in [-0.3, -0.25) is 14.4 Å². The third-order valence-electron chi connectivity index (χ3n) is 13.6. The van der Waals surface area contributed by atoms with Crippen LogP contribution in [0.5, 0.6) is 0 Å². The second kappa shape index (κ2) is 18.2. The molecule has 2 saturated carbocycles. The van der Waals surface area contributed by atoms with Gasteiger partial charge in [-0.05, 0) is 70.4 Å². The van der Waals surface area contributed by atoms with Crippen LogP contribution in [0, 0.1) is 16.7 Å². The molecule has 12 atom stereocenters. The summed E-state index contributed by atoms with van der Waals surface area (Å²) in [4.78, 5) is 84.8. The zero-order valence-electron chi connectivity index (χ0n) is 38.8. The number of alkyl carbamates (subject to hydrolysis) is 1. The minimum absolute atomic E-state index is 0.0971. The number of hydrogen-bond donors (Lipinski definition) is 3. The molecule has 2 bridgehead atoms. The standard InChI is InChI=1S/C48H62N2O15/c1-25-30(61-42(55)36(62-40(53)26(2)49)34(28-18-14-12-15-19-28)50-43(56)65-44(4,5)6)23-48(57)39(63-41(54)29-20-16-13-17-21-29)37-46(9,38(52)35(59-11)33(25)45(48,7)8)31(58-10)22-32-47(37,24-60-32)64-27(3)51/h12-21,26,30-32,34-37,39,57H,22-24,49H2,1-11H3,(H,50,56)/t26?,30-,31-,32+,34-,35+,36+,37-,39+,46+,47-,48+/m0/s1. The number of ether oxygens (including phenoxy) is 8. The molecule has 1 heterocycles. The van der Waals surface area contributed by atoms with Crippen molar-refractivity contribution in [3.05, 3.63) is 82.9 Å². The number of Topliss-reactive ketones (excluding diaryl/α,β-unsaturated/α-hetero) is 1. The average Bonchev–Trinajstić information content (AvgIpc) is 3.23. The lowest BCUT2D eigenvalue weighted by atomic mass is 9.44. The number of amides is 1. The molecule has 2 aromatic carbocycles. The Morgan fingerprint density at radius 2 is 1.54 bits per heavy atom. The van der Waals surface area contributed by atoms with Gasteiger partial charge in [0.2, 0.25) is 6.10 Å². The number of benzene rings is 2. The highest BCUT2D eigenvalue weighted by Crippen LogP contribution is 2.64. The van der Waals surface area contributed by atoms with E-state index in [-0.39, 0.29) is 24.2 Å². The second-order valence-corrected chi connectivity index (χ2v) is 19.2. The number of nitrogens with two attached hydrogens (primary N) is 1. The number of nitrogens with one attached hydrogen (secondary N) is 1. The van der Waals surface area contributed by atoms with Gasteiger partial charge in [-0.15, -0.1) is 0 Å². The smallest absolute Gasteiger partial charge is 0.408 e. The normalized spacial score (nSPS) is 31.7. The van der Waals surface area contributed by atoms with E-state index in [1.165, 1.54) is 40.2 Å². The molecule has 3 fully saturated rings. The van der Waals surface area contributed by atoms with Crippen molar-refractivity contribution < 1.29 is 71.8 Å². The van der Waals surface area contributed by atoms with E-state index in [1.807, 2.05) is 0 Å². The number of hydrogen-bond acceptors (Lipinski definition) is 16. The van der Waals surface area contributed by atoms with Crippen LogP contribution in [0.15, 0.2) is 71.8 Å². The van der Waals surface area contributed by atoms with Crippen molar-refractivity contribution in [1.29, 1.82) is 0 Å². The lowest BCUT2D eigenvalue weighted by Gasteiger charge is -2.67. The number of esters is 4. The molecular formula is C48H62N2O15. The molecule has 0 radical (unpaired) electrons. The number of rotatable bonds is 12. The van der Waals surface area contributed by atoms with Gasteiger partial charge in [0.25, 0.3) is 0 Å². The van der Waals surface area contributed by atoms with Gasteiger partial charge < -0.3 is 54.1 Å². The zero-order valence-corrected chi connectivity index (χ0v) is 38.8. The van der Waals surface area contributed by atoms with Crippen molar-refractivity contribution in [1.82, 2.24) is 5.32 Å². The maximum atomic E-state index is 15.7. The molecule has 4 aliphatic rings. The van der Waals surface area contributed by atoms with Gasteiger partial charge in [-0.25, -0.2) is 14.4 Å². The van der Waals surface area contributed by atoms with Gasteiger partial charge in [-0.2, -0.15) is 0 Å². The number of ketones is 1. The van der Waals surface area contributed by atoms with Gasteiger partial charge in [-0.1, -0.05) is 62.4 Å². The molecule has 1 saturated heterocycles. The third kappa shape index (κ3) is 8.80. The first-order valence-corrected chi connectivity index (χ1v) is 21.7. The Balaban J connectivity index is 1.56. The molecule has 3 aliphatic carbocycles. The summed E-state index contributed by atoms with van der Waals surface area (Å²) in [7, 11) is 2.76. The van der Waals surface area contributed by atoms with Crippen LogP contribution in [-0.4, -0.2) is 121 Å². The Hall–Kier alpha value is -5.20. The monoisotopic (exact) mass is 906 g/mol. The summed E-state index contributed by atoms with van der Waals surface area (Å²) < 4.78 is 48.6. The minimum atomic E-state index is -2.28. The lowest BCUT2D eigenvalue weighted by Crippen LogP contribution is -2.82. The second-order valence-electron chi connectivity index (χ2n) is 19.2. The third-order valence-corrected chi connectivity index (χ3v) is 13.6. The molecule has 0 aromatic heterocycles. The van der Waals surface area contributed by atoms with Crippen molar-refractivity contribution in [2.45, 2.75) is 141 Å². The highest BCUT2D eigenvalue weighted by molar-refractivity contribution is 5.94. The van der Waals surface area contributed by atoms with Crippen LogP contribution in [0.3, 0.4) is 0 Å². The van der Waals surface area contributed by atoms with Crippen LogP contribution in [0.25, 0.3) is 0 Å². The van der Waals surface area contributed by atoms with Crippen LogP contribution < -0.4 is 11.1 Å². The molecule has 4 N–H and O–H groups in total. The fraction of sp³-hybridized carbons (Fsp3) is 0.583. The van der Waals surface area contributed by atoms with Gasteiger partial charge in [0.1, 0.15) is 47.7 Å². The van der Waals surface area contributed by atoms with Crippen LogP contribution >= 0.6 is 0 Å². The Morgan fingerprint density at radius 1 is 0.923 bits per heavy atom. The first-order chi connectivity index (χ1) is 30.4. The van der Waals surface area contributed by atoms with Crippen molar-refractivity contribution >= 4 is 35.8 Å². The molecule has 1 aliphatic heterocycles. The SMILES string of the molecule is CO[C@H]1C(=O)[C@]2(C)[C@@H](OC)C[C@H]3OC[C@@]3(OC(C)=O)[C@H]2[C@@H](OC(=O)c2ccccc2)[C@]2(O)C[C@H](OC(=O)[C@H](OC(=O)C(C)N)[C@@H](NC(=O)OC(C)(C)C)c3ccccc3)C(C)=C1C2(C)C. The van der Waals surface area contributed by atoms with E-state index in [4.69, 9.17) is 43.6 Å². The van der Waals surface area contributed by atoms with E-state index >= 15 is 4.79 Å². The maximum absolute atomic E-state index is 15.7. The summed E-state index contributed by atoms with van der Waals surface area (Å²) in [5.74, 6) is -5.64. The van der Waals surface area contributed by atoms with E-state index in [0.29, 0.717) is 11.1 Å². The van der Waals surface area contributed by atoms with Crippen molar-refractivity contribution in [3.63, 3.8) is 0 Å². The van der Waals surface area contributed by atoms with Gasteiger partial charge in [0, 0.05) is 39.4 Å². The van der Waals surface area contributed by atoms with Crippen molar-refractivity contribution in [3.8, 4) is 0 Å². The highest BCUT2D eigenvalue weighted by atomic mass is 16.6. The van der Waals surface area contributed by atoms with Gasteiger partial charge >= 0.3 is 30.0 Å². The predicted octanol–water partition coefficient (Wildman–Crippen LogP) is 4.47. The van der Waals surface area contributed by atoms with Crippen LogP contribution in [0.2, 0.25) is 0 Å². The first-order valence-electron chi connectivity index (χ1n) is 21.7. The van der Waals surface area contributed by atoms with E-state index in [9.17, 15) is 29.1 Å². The summed E-state index contributed by atoms with van der Waals surface area (Å²) in [6.07, 6.45) is -9.57. The van der Waals surface area contributed by atoms with E-state index < -0.39 is 124 Å². The molecule has 354 valence electrons. The number of methoxy groups -OCH3 is 2. The summed E-state index contributed by atoms with van der Waals surface area (Å²) in [5.41, 5.74) is -1.19. The molecule has 1 unspecified atom stereocenters. The number of carbonyl (C=O) groups excluding carboxylic acids is 6. The van der Waals surface area contributed by atoms with E-state index in [2.05, 4.69) is 5.32 Å². The first kappa shape index (κ1) is 49.2. The minimum Gasteiger partial charge on any atom is -0.455 e. The summed E-state index contributed by atoms with van der Waals surface area (Å²) >= 11 is 0. The summed E-state index contributed by atoms with van der Waals surface area (Å²) in [5, 5.41) is 16.5. The molecule has 2 aromatic rings. The predicted molar refractivity (Wildman–Crippen MR) is 231 cm³/mol. The average molecular weight is 907 g/mol. The fourth-order valence-electron chi connectivity index (χ4n) is 10.4. The largest absolute Gasteiger partial charge is 0.455 e. The Morgan fingerprint density at radius 3 is 2.06 bits per heavy atom. The van der Waals surface area contributed by atoms with Crippen LogP contribution in [0.4, 0.5) is 4.79 Å². The quantitative estimate of drug-likeness (QED) is 0.151. The van der Waals surface area contributed by atoms with Crippen LogP contribution in [0.1, 0.15) is 97.1 Å². The van der Waals surface area contributed by atoms with E-state index in [1.54, 1.807) is 97.0 Å². The Labute approximate surface area is 378 Å². The van der Waals surface area contributed by atoms with E-state index in [0.717, 1.165) is 0 Å². The molecule has 0 spiro atoms. The molecule has 65 heavy (non-hydrogen) atoms. The Bertz CT molecular complexity index is 2190. The topological polar surface area (TPSA) is 235 Å². The summed E-state index contributed by atoms with van der Waals surface area (Å²) in [6.45, 7) is 13.9. The summed E-state index contributed by atoms with van der Waals surface area (Å²) in [6, 6.07) is 13.7. The van der Waals surface area contributed by atoms with Crippen molar-refractivity contribution in [2.75, 3.05) is 20.8 Å². The molecule has 17 nitrogen and oxygen atoms in total. The van der Waals surface area contributed by atoms with Gasteiger partial charge in [0.15, 0.2) is 11.4 Å². The fourth-order valence-corrected chi connectivity index (χ4v) is 10.4. The molecule has 1 amide bonds. The molecular weight excluding hydrogens is 845 g/mol. The van der Waals surface area contributed by atoms with Crippen LogP contribution in [-0.2, 0) is 57.1 Å². The Kier molecular flexibility index (Phi) is 13.8. The zero-order chi connectivity index (χ0) is 48.0. The number of aliphatic hydroxyl groups is 1. The number of fused-ring (bicyclic) bond motifs is 5. The van der Waals surface area contributed by atoms with Crippen molar-refractivity contribution in [2.24, 2.45) is 22.5 Å². The lowest BCUT2D eigenvalue weighted by molar-refractivity contribution is -0.347. The van der Waals surface area contributed by atoms with Gasteiger partial charge in [0.05, 0.1) is 29.6 Å². The highest BCUT2D eigenvalue weighted by Gasteiger charge is 2.78. The number of carbonyl (C=O) groups is 6. The maximum Gasteiger partial charge on any atom is 0.408 e. The molecule has 6 rings (SSSR count).